The molecule has 108 valence electrons. The molecular formula is C14H18ClN3O2. The van der Waals surface area contributed by atoms with E-state index in [2.05, 4.69) is 10.4 Å². The minimum atomic E-state index is 0.136. The monoisotopic (exact) mass is 295 g/mol. The van der Waals surface area contributed by atoms with Crippen LogP contribution in [0, 0.1) is 5.92 Å². The van der Waals surface area contributed by atoms with Crippen LogP contribution in [0.4, 0.5) is 0 Å². The van der Waals surface area contributed by atoms with Crippen molar-refractivity contribution in [1.29, 1.82) is 0 Å². The molecule has 6 heteroatoms. The SMILES string of the molecule is Cn1cc(C2OCCC2CNCc2ccc(Cl)o2)cn1. The van der Waals surface area contributed by atoms with Crippen LogP contribution >= 0.6 is 11.6 Å². The zero-order valence-electron chi connectivity index (χ0n) is 11.4. The van der Waals surface area contributed by atoms with Crippen LogP contribution in [0.5, 0.6) is 0 Å². The van der Waals surface area contributed by atoms with Crippen molar-refractivity contribution in [2.24, 2.45) is 13.0 Å². The standard InChI is InChI=1S/C14H18ClN3O2/c1-18-9-11(7-17-18)14-10(4-5-19-14)6-16-8-12-2-3-13(15)20-12/h2-3,7,9-10,14,16H,4-6,8H2,1H3. The van der Waals surface area contributed by atoms with Crippen molar-refractivity contribution in [2.45, 2.75) is 19.1 Å². The van der Waals surface area contributed by atoms with Crippen molar-refractivity contribution >= 4 is 11.6 Å². The first kappa shape index (κ1) is 13.7. The van der Waals surface area contributed by atoms with Crippen LogP contribution in [0.1, 0.15) is 23.8 Å². The van der Waals surface area contributed by atoms with Crippen LogP contribution in [-0.4, -0.2) is 22.9 Å². The molecule has 1 aliphatic rings. The predicted molar refractivity (Wildman–Crippen MR) is 75.4 cm³/mol. The number of hydrogen-bond donors (Lipinski definition) is 1. The van der Waals surface area contributed by atoms with Crippen LogP contribution in [0.15, 0.2) is 28.9 Å². The maximum Gasteiger partial charge on any atom is 0.193 e. The van der Waals surface area contributed by atoms with Crippen LogP contribution in [0.2, 0.25) is 5.22 Å². The number of rotatable bonds is 5. The highest BCUT2D eigenvalue weighted by molar-refractivity contribution is 6.28. The summed E-state index contributed by atoms with van der Waals surface area (Å²) < 4.78 is 13.0. The summed E-state index contributed by atoms with van der Waals surface area (Å²) >= 11 is 5.75. The van der Waals surface area contributed by atoms with Crippen LogP contribution in [0.25, 0.3) is 0 Å². The molecule has 1 saturated heterocycles. The molecule has 1 fully saturated rings. The third-order valence-electron chi connectivity index (χ3n) is 3.60. The van der Waals surface area contributed by atoms with E-state index in [0.29, 0.717) is 17.7 Å². The Bertz CT molecular complexity index is 566. The van der Waals surface area contributed by atoms with E-state index >= 15 is 0 Å². The largest absolute Gasteiger partial charge is 0.448 e. The van der Waals surface area contributed by atoms with Gasteiger partial charge in [0.1, 0.15) is 5.76 Å². The Kier molecular flexibility index (Phi) is 4.10. The van der Waals surface area contributed by atoms with Crippen molar-refractivity contribution in [3.8, 4) is 0 Å². The summed E-state index contributed by atoms with van der Waals surface area (Å²) in [5, 5.41) is 8.05. The molecule has 0 saturated carbocycles. The minimum Gasteiger partial charge on any atom is -0.448 e. The van der Waals surface area contributed by atoms with Crippen molar-refractivity contribution < 1.29 is 9.15 Å². The van der Waals surface area contributed by atoms with E-state index < -0.39 is 0 Å². The second-order valence-corrected chi connectivity index (χ2v) is 5.50. The van der Waals surface area contributed by atoms with Gasteiger partial charge in [-0.15, -0.1) is 0 Å². The van der Waals surface area contributed by atoms with Gasteiger partial charge in [-0.1, -0.05) is 0 Å². The normalized spacial score (nSPS) is 22.5. The average Bonchev–Trinajstić information content (AvgIpc) is 3.11. The number of hydrogen-bond acceptors (Lipinski definition) is 4. The van der Waals surface area contributed by atoms with E-state index in [1.807, 2.05) is 30.2 Å². The van der Waals surface area contributed by atoms with Crippen LogP contribution in [-0.2, 0) is 18.3 Å². The fourth-order valence-electron chi connectivity index (χ4n) is 2.63. The predicted octanol–water partition coefficient (Wildman–Crippen LogP) is 2.53. The second kappa shape index (κ2) is 5.99. The van der Waals surface area contributed by atoms with Gasteiger partial charge in [0, 0.05) is 37.9 Å². The fourth-order valence-corrected chi connectivity index (χ4v) is 2.79. The Morgan fingerprint density at radius 1 is 1.50 bits per heavy atom. The van der Waals surface area contributed by atoms with Crippen molar-refractivity contribution in [2.75, 3.05) is 13.2 Å². The van der Waals surface area contributed by atoms with Gasteiger partial charge in [-0.05, 0) is 30.2 Å². The maximum atomic E-state index is 5.83. The number of halogens is 1. The Labute approximate surface area is 122 Å². The number of furan rings is 1. The third kappa shape index (κ3) is 3.06. The molecule has 0 aromatic carbocycles. The Balaban J connectivity index is 1.54. The van der Waals surface area contributed by atoms with Crippen molar-refractivity contribution in [1.82, 2.24) is 15.1 Å². The lowest BCUT2D eigenvalue weighted by Gasteiger charge is -2.17. The number of ether oxygens (including phenoxy) is 1. The maximum absolute atomic E-state index is 5.83. The molecule has 3 heterocycles. The van der Waals surface area contributed by atoms with Crippen molar-refractivity contribution in [3.63, 3.8) is 0 Å². The first-order chi connectivity index (χ1) is 9.72. The van der Waals surface area contributed by atoms with Gasteiger partial charge in [0.25, 0.3) is 0 Å². The Hall–Kier alpha value is -1.30. The molecule has 0 aliphatic carbocycles. The lowest BCUT2D eigenvalue weighted by Crippen LogP contribution is -2.24. The van der Waals surface area contributed by atoms with Gasteiger partial charge in [-0.3, -0.25) is 4.68 Å². The Morgan fingerprint density at radius 2 is 2.40 bits per heavy atom. The van der Waals surface area contributed by atoms with Crippen molar-refractivity contribution in [3.05, 3.63) is 41.1 Å². The Morgan fingerprint density at radius 3 is 3.10 bits per heavy atom. The zero-order valence-corrected chi connectivity index (χ0v) is 12.1. The van der Waals surface area contributed by atoms with E-state index in [4.69, 9.17) is 20.8 Å². The number of aryl methyl sites for hydroxylation is 1. The summed E-state index contributed by atoms with van der Waals surface area (Å²) in [6.45, 7) is 2.37. The van der Waals surface area contributed by atoms with Gasteiger partial charge in [-0.25, -0.2) is 0 Å². The van der Waals surface area contributed by atoms with Gasteiger partial charge >= 0.3 is 0 Å². The van der Waals surface area contributed by atoms with Crippen LogP contribution in [0.3, 0.4) is 0 Å². The minimum absolute atomic E-state index is 0.136. The fraction of sp³-hybridized carbons (Fsp3) is 0.500. The number of nitrogens with zero attached hydrogens (tertiary/aromatic N) is 2. The van der Waals surface area contributed by atoms with Crippen LogP contribution < -0.4 is 5.32 Å². The highest BCUT2D eigenvalue weighted by atomic mass is 35.5. The third-order valence-corrected chi connectivity index (χ3v) is 3.81. The molecule has 20 heavy (non-hydrogen) atoms. The summed E-state index contributed by atoms with van der Waals surface area (Å²) in [6.07, 6.45) is 5.10. The summed E-state index contributed by atoms with van der Waals surface area (Å²) in [4.78, 5) is 0. The first-order valence-electron chi connectivity index (χ1n) is 6.77. The topological polar surface area (TPSA) is 52.2 Å². The lowest BCUT2D eigenvalue weighted by molar-refractivity contribution is 0.0903. The molecule has 0 amide bonds. The van der Waals surface area contributed by atoms with E-state index in [-0.39, 0.29) is 6.10 Å². The number of aromatic nitrogens is 2. The molecule has 0 spiro atoms. The summed E-state index contributed by atoms with van der Waals surface area (Å²) in [5.41, 5.74) is 1.15. The molecule has 0 radical (unpaired) electrons. The molecule has 3 rings (SSSR count). The zero-order chi connectivity index (χ0) is 13.9. The summed E-state index contributed by atoms with van der Waals surface area (Å²) in [6, 6.07) is 3.65. The molecular weight excluding hydrogens is 278 g/mol. The second-order valence-electron chi connectivity index (χ2n) is 5.12. The molecule has 1 aliphatic heterocycles. The smallest absolute Gasteiger partial charge is 0.193 e. The molecule has 1 N–H and O–H groups in total. The molecule has 2 aromatic rings. The molecule has 2 aromatic heterocycles. The van der Waals surface area contributed by atoms with E-state index in [9.17, 15) is 0 Å². The highest BCUT2D eigenvalue weighted by Gasteiger charge is 2.30. The lowest BCUT2D eigenvalue weighted by atomic mass is 9.97. The van der Waals surface area contributed by atoms with Gasteiger partial charge in [0.15, 0.2) is 5.22 Å². The molecule has 2 unspecified atom stereocenters. The summed E-state index contributed by atoms with van der Waals surface area (Å²) in [7, 11) is 1.92. The highest BCUT2D eigenvalue weighted by Crippen LogP contribution is 2.33. The van der Waals surface area contributed by atoms with E-state index in [0.717, 1.165) is 30.9 Å². The quantitative estimate of drug-likeness (QED) is 0.921. The molecule has 5 nitrogen and oxygen atoms in total. The van der Waals surface area contributed by atoms with Gasteiger partial charge < -0.3 is 14.5 Å². The number of nitrogens with one attached hydrogen (secondary N) is 1. The first-order valence-corrected chi connectivity index (χ1v) is 7.15. The van der Waals surface area contributed by atoms with E-state index in [1.54, 1.807) is 6.07 Å². The van der Waals surface area contributed by atoms with E-state index in [1.165, 1.54) is 0 Å². The van der Waals surface area contributed by atoms with Gasteiger partial charge in [-0.2, -0.15) is 5.10 Å². The van der Waals surface area contributed by atoms with Gasteiger partial charge in [0.2, 0.25) is 0 Å². The molecule has 0 bridgehead atoms. The average molecular weight is 296 g/mol. The van der Waals surface area contributed by atoms with Gasteiger partial charge in [0.05, 0.1) is 18.8 Å². The summed E-state index contributed by atoms with van der Waals surface area (Å²) in [5.74, 6) is 1.32. The molecule has 2 atom stereocenters.